The normalized spacial score (nSPS) is 10.5. The average molecular weight is 326 g/mol. The van der Waals surface area contributed by atoms with Gasteiger partial charge in [-0.05, 0) is 36.8 Å². The van der Waals surface area contributed by atoms with E-state index >= 15 is 0 Å². The van der Waals surface area contributed by atoms with Crippen LogP contribution in [0.4, 0.5) is 4.39 Å². The van der Waals surface area contributed by atoms with Crippen molar-refractivity contribution >= 4 is 17.2 Å². The fourth-order valence-corrected chi connectivity index (χ4v) is 2.80. The second kappa shape index (κ2) is 6.71. The van der Waals surface area contributed by atoms with Gasteiger partial charge in [-0.15, -0.1) is 11.3 Å². The Kier molecular flexibility index (Phi) is 4.48. The summed E-state index contributed by atoms with van der Waals surface area (Å²) < 4.78 is 12.8. The Bertz CT molecular complexity index is 810. The highest BCUT2D eigenvalue weighted by atomic mass is 32.1. The van der Waals surface area contributed by atoms with Crippen LogP contribution in [0.2, 0.25) is 0 Å². The summed E-state index contributed by atoms with van der Waals surface area (Å²) >= 11 is 1.62. The molecule has 0 saturated heterocycles. The molecule has 2 aromatic carbocycles. The van der Waals surface area contributed by atoms with Crippen LogP contribution in [0.15, 0.2) is 53.9 Å². The fraction of sp³-hybridized carbons (Fsp3) is 0.111. The molecule has 0 fully saturated rings. The smallest absolute Gasteiger partial charge is 0.251 e. The topological polar surface area (TPSA) is 42.0 Å². The second-order valence-electron chi connectivity index (χ2n) is 5.14. The first-order chi connectivity index (χ1) is 11.1. The summed E-state index contributed by atoms with van der Waals surface area (Å²) in [5.41, 5.74) is 3.47. The van der Waals surface area contributed by atoms with Gasteiger partial charge in [0.1, 0.15) is 5.82 Å². The van der Waals surface area contributed by atoms with Gasteiger partial charge in [0.15, 0.2) is 0 Å². The Morgan fingerprint density at radius 1 is 1.13 bits per heavy atom. The summed E-state index contributed by atoms with van der Waals surface area (Å²) in [5.74, 6) is -0.571. The van der Waals surface area contributed by atoms with Gasteiger partial charge >= 0.3 is 0 Å². The van der Waals surface area contributed by atoms with Crippen LogP contribution in [-0.4, -0.2) is 10.9 Å². The predicted molar refractivity (Wildman–Crippen MR) is 89.9 cm³/mol. The van der Waals surface area contributed by atoms with Gasteiger partial charge in [-0.2, -0.15) is 0 Å². The van der Waals surface area contributed by atoms with E-state index in [0.29, 0.717) is 12.1 Å². The lowest BCUT2D eigenvalue weighted by Crippen LogP contribution is -2.22. The highest BCUT2D eigenvalue weighted by Gasteiger charge is 2.06. The number of rotatable bonds is 4. The molecule has 1 amide bonds. The molecular formula is C18H15FN2OS. The monoisotopic (exact) mass is 326 g/mol. The zero-order valence-electron chi connectivity index (χ0n) is 12.5. The zero-order valence-corrected chi connectivity index (χ0v) is 13.4. The summed E-state index contributed by atoms with van der Waals surface area (Å²) in [6.07, 6.45) is 0. The number of nitrogens with zero attached hydrogens (tertiary/aromatic N) is 1. The molecule has 1 heterocycles. The predicted octanol–water partition coefficient (Wildman–Crippen LogP) is 4.19. The molecule has 0 spiro atoms. The maximum Gasteiger partial charge on any atom is 0.251 e. The van der Waals surface area contributed by atoms with E-state index in [9.17, 15) is 9.18 Å². The van der Waals surface area contributed by atoms with Crippen molar-refractivity contribution in [2.45, 2.75) is 13.5 Å². The van der Waals surface area contributed by atoms with E-state index in [1.165, 1.54) is 24.3 Å². The first kappa shape index (κ1) is 15.4. The Labute approximate surface area is 137 Å². The summed E-state index contributed by atoms with van der Waals surface area (Å²) in [5, 5.41) is 5.89. The van der Waals surface area contributed by atoms with E-state index in [-0.39, 0.29) is 11.7 Å². The third kappa shape index (κ3) is 3.81. The molecule has 0 aliphatic rings. The van der Waals surface area contributed by atoms with Crippen molar-refractivity contribution in [3.8, 4) is 11.3 Å². The van der Waals surface area contributed by atoms with Gasteiger partial charge in [-0.3, -0.25) is 4.79 Å². The van der Waals surface area contributed by atoms with Crippen molar-refractivity contribution in [3.05, 3.63) is 75.9 Å². The number of halogens is 1. The van der Waals surface area contributed by atoms with Crippen molar-refractivity contribution in [1.82, 2.24) is 10.3 Å². The summed E-state index contributed by atoms with van der Waals surface area (Å²) in [7, 11) is 0. The minimum absolute atomic E-state index is 0.218. The first-order valence-corrected chi connectivity index (χ1v) is 8.05. The lowest BCUT2D eigenvalue weighted by atomic mass is 10.1. The van der Waals surface area contributed by atoms with Crippen LogP contribution in [0, 0.1) is 12.7 Å². The molecule has 3 aromatic rings. The maximum atomic E-state index is 12.8. The largest absolute Gasteiger partial charge is 0.348 e. The van der Waals surface area contributed by atoms with E-state index in [1.54, 1.807) is 11.3 Å². The molecule has 5 heteroatoms. The molecule has 3 nitrogen and oxygen atoms in total. The van der Waals surface area contributed by atoms with Crippen LogP contribution in [0.1, 0.15) is 20.9 Å². The van der Waals surface area contributed by atoms with E-state index in [4.69, 9.17) is 0 Å². The third-order valence-corrected chi connectivity index (χ3v) is 4.20. The highest BCUT2D eigenvalue weighted by molar-refractivity contribution is 7.09. The van der Waals surface area contributed by atoms with Gasteiger partial charge in [-0.25, -0.2) is 9.37 Å². The lowest BCUT2D eigenvalue weighted by Gasteiger charge is -2.06. The number of aryl methyl sites for hydroxylation is 1. The number of nitrogens with one attached hydrogen (secondary N) is 1. The lowest BCUT2D eigenvalue weighted by molar-refractivity contribution is 0.0951. The molecule has 0 saturated carbocycles. The molecule has 0 unspecified atom stereocenters. The van der Waals surface area contributed by atoms with Crippen LogP contribution in [0.25, 0.3) is 11.3 Å². The minimum Gasteiger partial charge on any atom is -0.348 e. The van der Waals surface area contributed by atoms with Gasteiger partial charge in [0.25, 0.3) is 5.91 Å². The molecule has 1 N–H and O–H groups in total. The van der Waals surface area contributed by atoms with Crippen LogP contribution >= 0.6 is 11.3 Å². The van der Waals surface area contributed by atoms with Crippen molar-refractivity contribution < 1.29 is 9.18 Å². The Morgan fingerprint density at radius 3 is 2.43 bits per heavy atom. The zero-order chi connectivity index (χ0) is 16.2. The number of hydrogen-bond donors (Lipinski definition) is 1. The molecule has 0 bridgehead atoms. The van der Waals surface area contributed by atoms with Gasteiger partial charge < -0.3 is 5.32 Å². The number of carbonyl (C=O) groups excluding carboxylic acids is 1. The number of benzene rings is 2. The van der Waals surface area contributed by atoms with Crippen molar-refractivity contribution in [3.63, 3.8) is 0 Å². The standard InChI is InChI=1S/C18H15FN2OS/c1-12-21-17(11-23-12)14-4-2-13(3-5-14)10-20-18(22)15-6-8-16(19)9-7-15/h2-9,11H,10H2,1H3,(H,20,22). The van der Waals surface area contributed by atoms with Crippen LogP contribution in [0.3, 0.4) is 0 Å². The minimum atomic E-state index is -0.352. The SMILES string of the molecule is Cc1nc(-c2ccc(CNC(=O)c3ccc(F)cc3)cc2)cs1. The molecule has 3 rings (SSSR count). The molecule has 0 atom stereocenters. The number of amides is 1. The summed E-state index contributed by atoms with van der Waals surface area (Å²) in [6.45, 7) is 2.40. The summed E-state index contributed by atoms with van der Waals surface area (Å²) in [6, 6.07) is 13.4. The van der Waals surface area contributed by atoms with Gasteiger partial charge in [0.05, 0.1) is 10.7 Å². The Balaban J connectivity index is 1.62. The van der Waals surface area contributed by atoms with Crippen molar-refractivity contribution in [2.75, 3.05) is 0 Å². The van der Waals surface area contributed by atoms with Crippen molar-refractivity contribution in [2.24, 2.45) is 0 Å². The van der Waals surface area contributed by atoms with E-state index < -0.39 is 0 Å². The number of thiazole rings is 1. The van der Waals surface area contributed by atoms with Gasteiger partial charge in [0.2, 0.25) is 0 Å². The fourth-order valence-electron chi connectivity index (χ4n) is 2.18. The summed E-state index contributed by atoms with van der Waals surface area (Å²) in [4.78, 5) is 16.4. The maximum absolute atomic E-state index is 12.8. The quantitative estimate of drug-likeness (QED) is 0.781. The molecule has 1 aromatic heterocycles. The van der Waals surface area contributed by atoms with E-state index in [0.717, 1.165) is 21.8 Å². The second-order valence-corrected chi connectivity index (χ2v) is 6.20. The number of hydrogen-bond acceptors (Lipinski definition) is 3. The van der Waals surface area contributed by atoms with Gasteiger partial charge in [-0.1, -0.05) is 24.3 Å². The highest BCUT2D eigenvalue weighted by Crippen LogP contribution is 2.21. The average Bonchev–Trinajstić information content (AvgIpc) is 3.00. The number of aromatic nitrogens is 1. The molecule has 0 aliphatic heterocycles. The third-order valence-electron chi connectivity index (χ3n) is 3.43. The molecular weight excluding hydrogens is 311 g/mol. The Hall–Kier alpha value is -2.53. The van der Waals surface area contributed by atoms with Crippen LogP contribution in [-0.2, 0) is 6.54 Å². The molecule has 0 radical (unpaired) electrons. The van der Waals surface area contributed by atoms with E-state index in [1.807, 2.05) is 36.6 Å². The Morgan fingerprint density at radius 2 is 1.83 bits per heavy atom. The van der Waals surface area contributed by atoms with E-state index in [2.05, 4.69) is 10.3 Å². The number of carbonyl (C=O) groups is 1. The van der Waals surface area contributed by atoms with Crippen LogP contribution < -0.4 is 5.32 Å². The van der Waals surface area contributed by atoms with Crippen LogP contribution in [0.5, 0.6) is 0 Å². The molecule has 0 aliphatic carbocycles. The molecule has 116 valence electrons. The molecule has 23 heavy (non-hydrogen) atoms. The van der Waals surface area contributed by atoms with Gasteiger partial charge in [0, 0.05) is 23.1 Å². The first-order valence-electron chi connectivity index (χ1n) is 7.17. The van der Waals surface area contributed by atoms with Crippen molar-refractivity contribution in [1.29, 1.82) is 0 Å².